The van der Waals surface area contributed by atoms with Crippen LogP contribution in [0.5, 0.6) is 0 Å². The Morgan fingerprint density at radius 3 is 1.58 bits per heavy atom. The minimum atomic E-state index is -0.640. The van der Waals surface area contributed by atoms with Gasteiger partial charge in [0.05, 0.1) is 21.9 Å². The van der Waals surface area contributed by atoms with Gasteiger partial charge in [-0.25, -0.2) is 0 Å². The molecule has 0 saturated carbocycles. The Balaban J connectivity index is 1.33. The van der Waals surface area contributed by atoms with Crippen LogP contribution >= 0.6 is 0 Å². The van der Waals surface area contributed by atoms with Crippen LogP contribution in [-0.2, 0) is 0 Å². The average molecular weight is 589 g/mol. The van der Waals surface area contributed by atoms with Crippen LogP contribution in [0.15, 0.2) is 174 Å². The fraction of sp³-hybridized carbons (Fsp3) is 0. The highest BCUT2D eigenvalue weighted by Gasteiger charge is 2.17. The maximum absolute atomic E-state index is 9.72. The predicted octanol–water partition coefficient (Wildman–Crippen LogP) is 12.6. The molecule has 1 heteroatoms. The zero-order valence-electron chi connectivity index (χ0n) is 39.3. The topological polar surface area (TPSA) is 13.1 Å². The van der Waals surface area contributed by atoms with Crippen molar-refractivity contribution < 1.29 is 26.3 Å². The van der Waals surface area contributed by atoms with Crippen LogP contribution in [0.2, 0.25) is 0 Å². The molecule has 1 heterocycles. The molecule has 0 amide bonds. The van der Waals surface area contributed by atoms with Crippen molar-refractivity contribution in [3.63, 3.8) is 0 Å². The smallest absolute Gasteiger partial charge is 0.135 e. The molecule has 0 spiro atoms. The van der Waals surface area contributed by atoms with Gasteiger partial charge >= 0.3 is 0 Å². The fourth-order valence-corrected chi connectivity index (χ4v) is 5.93. The summed E-state index contributed by atoms with van der Waals surface area (Å²) in [7, 11) is 0. The van der Waals surface area contributed by atoms with Crippen LogP contribution in [0, 0.1) is 0 Å². The van der Waals surface area contributed by atoms with Crippen molar-refractivity contribution in [1.29, 1.82) is 0 Å². The molecule has 0 bridgehead atoms. The van der Waals surface area contributed by atoms with E-state index in [1.165, 1.54) is 0 Å². The SMILES string of the molecule is [2H]c1c([2H])c([2H])c(-c2ccc(-c3c4ccccc4c(-c4c([2H])c([2H])c([2H])c(-c5c([2H])c([2H])c6oc7c([2H])c([2H])c([2H])c([2H])c7c6c5[2H])c4[2H])c4ccccc34)cc2)c([2H])c1[2H]. The summed E-state index contributed by atoms with van der Waals surface area (Å²) in [5.74, 6) is 0. The molecule has 0 atom stereocenters. The Labute approximate surface area is 284 Å². The van der Waals surface area contributed by atoms with E-state index >= 15 is 0 Å². The van der Waals surface area contributed by atoms with E-state index in [4.69, 9.17) is 22.2 Å². The number of hydrogen-bond acceptors (Lipinski definition) is 1. The van der Waals surface area contributed by atoms with E-state index in [0.29, 0.717) is 38.2 Å². The van der Waals surface area contributed by atoms with E-state index in [9.17, 15) is 4.11 Å². The number of para-hydroxylation sites is 1. The molecule has 0 aliphatic carbocycles. The van der Waals surface area contributed by atoms with Gasteiger partial charge in [-0.1, -0.05) is 145 Å². The Hall–Kier alpha value is -5.92. The molecule has 9 rings (SSSR count). The zero-order chi connectivity index (χ0) is 43.7. The van der Waals surface area contributed by atoms with Gasteiger partial charge in [0.15, 0.2) is 0 Å². The molecular formula is C44H28O. The molecule has 0 aliphatic heterocycles. The Bertz CT molecular complexity index is 3340. The highest BCUT2D eigenvalue weighted by molar-refractivity contribution is 6.21. The highest BCUT2D eigenvalue weighted by atomic mass is 16.3. The highest BCUT2D eigenvalue weighted by Crippen LogP contribution is 2.44. The molecule has 45 heavy (non-hydrogen) atoms. The lowest BCUT2D eigenvalue weighted by atomic mass is 9.85. The van der Waals surface area contributed by atoms with Gasteiger partial charge in [0, 0.05) is 10.8 Å². The van der Waals surface area contributed by atoms with Crippen LogP contribution in [0.1, 0.15) is 21.9 Å². The number of rotatable bonds is 4. The lowest BCUT2D eigenvalue weighted by molar-refractivity contribution is 0.669. The molecule has 1 nitrogen and oxygen atoms in total. The first-order valence-electron chi connectivity index (χ1n) is 22.1. The monoisotopic (exact) mass is 588 g/mol. The Morgan fingerprint density at radius 2 is 0.867 bits per heavy atom. The summed E-state index contributed by atoms with van der Waals surface area (Å²) in [6.45, 7) is 0. The zero-order valence-corrected chi connectivity index (χ0v) is 23.3. The van der Waals surface area contributed by atoms with Gasteiger partial charge in [0.25, 0.3) is 0 Å². The van der Waals surface area contributed by atoms with Gasteiger partial charge in [-0.2, -0.15) is 0 Å². The van der Waals surface area contributed by atoms with Crippen molar-refractivity contribution >= 4 is 43.5 Å². The second-order valence-corrected chi connectivity index (χ2v) is 10.4. The average Bonchev–Trinajstić information content (AvgIpc) is 3.67. The van der Waals surface area contributed by atoms with E-state index in [2.05, 4.69) is 0 Å². The van der Waals surface area contributed by atoms with E-state index in [1.807, 2.05) is 24.3 Å². The first-order chi connectivity index (χ1) is 29.0. The summed E-state index contributed by atoms with van der Waals surface area (Å²) in [5.41, 5.74) is 0.773. The Kier molecular flexibility index (Phi) is 3.28. The number of benzene rings is 8. The Morgan fingerprint density at radius 1 is 0.333 bits per heavy atom. The largest absolute Gasteiger partial charge is 0.456 e. The van der Waals surface area contributed by atoms with Gasteiger partial charge in [-0.3, -0.25) is 0 Å². The molecule has 0 radical (unpaired) electrons. The third-order valence-electron chi connectivity index (χ3n) is 7.90. The lowest BCUT2D eigenvalue weighted by Crippen LogP contribution is -1.91. The molecule has 0 N–H and O–H groups in total. The minimum Gasteiger partial charge on any atom is -0.456 e. The number of furan rings is 1. The molecule has 0 aliphatic rings. The summed E-state index contributed by atoms with van der Waals surface area (Å²) in [6, 6.07) is 13.2. The summed E-state index contributed by atoms with van der Waals surface area (Å²) >= 11 is 0. The van der Waals surface area contributed by atoms with Crippen LogP contribution in [0.4, 0.5) is 0 Å². The van der Waals surface area contributed by atoms with Crippen LogP contribution in [0.25, 0.3) is 88.0 Å². The van der Waals surface area contributed by atoms with Crippen LogP contribution in [0.3, 0.4) is 0 Å². The van der Waals surface area contributed by atoms with Crippen molar-refractivity contribution in [1.82, 2.24) is 0 Å². The minimum absolute atomic E-state index is 0.0575. The molecule has 0 fully saturated rings. The summed E-state index contributed by atoms with van der Waals surface area (Å²) in [6.07, 6.45) is 0. The molecule has 0 saturated heterocycles. The van der Waals surface area contributed by atoms with Gasteiger partial charge < -0.3 is 4.42 Å². The van der Waals surface area contributed by atoms with E-state index in [1.54, 1.807) is 48.5 Å². The summed E-state index contributed by atoms with van der Waals surface area (Å²) in [4.78, 5) is 0. The number of fused-ring (bicyclic) bond motifs is 5. The van der Waals surface area contributed by atoms with E-state index < -0.39 is 90.2 Å². The van der Waals surface area contributed by atoms with Crippen molar-refractivity contribution in [2.75, 3.05) is 0 Å². The van der Waals surface area contributed by atoms with Gasteiger partial charge in [-0.15, -0.1) is 0 Å². The first kappa shape index (κ1) is 14.2. The van der Waals surface area contributed by atoms with Crippen molar-refractivity contribution in [2.24, 2.45) is 0 Å². The van der Waals surface area contributed by atoms with E-state index in [0.717, 1.165) is 5.56 Å². The van der Waals surface area contributed by atoms with Crippen molar-refractivity contribution in [3.8, 4) is 44.5 Å². The third-order valence-corrected chi connectivity index (χ3v) is 7.90. The maximum Gasteiger partial charge on any atom is 0.135 e. The third kappa shape index (κ3) is 4.24. The molecule has 1 aromatic heterocycles. The normalized spacial score (nSPS) is 16.5. The second kappa shape index (κ2) is 10.4. The molecule has 9 aromatic rings. The summed E-state index contributed by atoms with van der Waals surface area (Å²) < 4.78 is 145. The summed E-state index contributed by atoms with van der Waals surface area (Å²) in [5, 5.41) is 2.05. The maximum atomic E-state index is 9.72. The number of hydrogen-bond donors (Lipinski definition) is 0. The molecule has 8 aromatic carbocycles. The van der Waals surface area contributed by atoms with E-state index in [-0.39, 0.29) is 50.7 Å². The molecular weight excluding hydrogens is 544 g/mol. The van der Waals surface area contributed by atoms with Gasteiger partial charge in [0.1, 0.15) is 11.2 Å². The van der Waals surface area contributed by atoms with Crippen molar-refractivity contribution in [2.45, 2.75) is 0 Å². The van der Waals surface area contributed by atoms with Crippen molar-refractivity contribution in [3.05, 3.63) is 169 Å². The van der Waals surface area contributed by atoms with Crippen LogP contribution in [-0.4, -0.2) is 0 Å². The van der Waals surface area contributed by atoms with Crippen LogP contribution < -0.4 is 0 Å². The lowest BCUT2D eigenvalue weighted by Gasteiger charge is -2.18. The fourth-order valence-electron chi connectivity index (χ4n) is 5.93. The predicted molar refractivity (Wildman–Crippen MR) is 190 cm³/mol. The standard InChI is InChI=1S/C44H28O/c1-2-11-29(12-3-1)30-21-23-31(24-22-30)43-36-16-4-6-18-38(36)44(39-19-7-5-17-37(39)43)34-14-10-13-32(27-34)33-25-26-42-40(28-33)35-15-8-9-20-41(35)45-42/h1-28H/i1D,2D,3D,8D,9D,10D,11D,12D,13D,14D,15D,20D,25D,26D,27D,28D. The van der Waals surface area contributed by atoms with Gasteiger partial charge in [-0.05, 0) is 90.2 Å². The van der Waals surface area contributed by atoms with Gasteiger partial charge in [0.2, 0.25) is 0 Å². The quantitative estimate of drug-likeness (QED) is 0.186. The molecule has 210 valence electrons. The second-order valence-electron chi connectivity index (χ2n) is 10.4. The molecule has 0 unspecified atom stereocenters. The first-order valence-corrected chi connectivity index (χ1v) is 14.1.